The number of esters is 1. The van der Waals surface area contributed by atoms with Crippen molar-refractivity contribution in [1.29, 1.82) is 0 Å². The van der Waals surface area contributed by atoms with Crippen molar-refractivity contribution in [2.45, 2.75) is 65.8 Å². The molecule has 0 saturated carbocycles. The number of phenolic OH excluding ortho intramolecular Hbond substituents is 1. The van der Waals surface area contributed by atoms with Gasteiger partial charge in [0.15, 0.2) is 0 Å². The summed E-state index contributed by atoms with van der Waals surface area (Å²) in [6.07, 6.45) is -10.7. The molecule has 0 bridgehead atoms. The van der Waals surface area contributed by atoms with Crippen molar-refractivity contribution in [3.05, 3.63) is 140 Å². The lowest BCUT2D eigenvalue weighted by molar-refractivity contribution is -0.146. The lowest BCUT2D eigenvalue weighted by atomic mass is 10.1. The number of methoxy groups -OCH3 is 1. The summed E-state index contributed by atoms with van der Waals surface area (Å²) < 4.78 is 97.2. The summed E-state index contributed by atoms with van der Waals surface area (Å²) in [5, 5.41) is 20.1. The fraction of sp³-hybridized carbons (Fsp3) is 0.256. The van der Waals surface area contributed by atoms with E-state index in [1.165, 1.54) is 49.6 Å². The van der Waals surface area contributed by atoms with Crippen LogP contribution in [0.15, 0.2) is 93.8 Å². The molecule has 0 aliphatic heterocycles. The number of carbonyl (C=O) groups excluding carboxylic acids is 1. The molecule has 2 aromatic heterocycles. The SMILES string of the molecule is C.C.COC(=O)C(Br)c1cccc(C(F)(F)F)c1.Cc1nc(-c2cc(Cl)ccc2O)oc1C.Cc1nc(-c2cc(Cl)ccc2OC(C(=O)O)c2cccc(C(F)(F)F)c2)oc1C. The Kier molecular flexibility index (Phi) is 18.7. The van der Waals surface area contributed by atoms with E-state index in [1.807, 2.05) is 13.8 Å². The van der Waals surface area contributed by atoms with Crippen LogP contribution < -0.4 is 4.74 Å². The van der Waals surface area contributed by atoms with E-state index in [0.29, 0.717) is 33.0 Å². The molecule has 0 amide bonds. The summed E-state index contributed by atoms with van der Waals surface area (Å²) in [6, 6.07) is 17.6. The quantitative estimate of drug-likeness (QED) is 0.0859. The molecular weight excluding hydrogens is 937 g/mol. The standard InChI is InChI=1S/C20H15ClF3NO4.C11H10ClNO2.C10H8BrF3O2.2CH4/c1-10-11(2)28-18(25-10)15-9-14(21)6-7-16(15)29-17(19(26)27)12-4-3-5-13(8-12)20(22,23)24;1-6-7(2)15-11(13-6)9-5-8(12)3-4-10(9)14;1-16-9(15)8(11)6-3-2-4-7(5-6)10(12,13)14;;/h3-9,17H,1-2H3,(H,26,27);3-5,14H,1-2H3;2-5,8H,1H3;2*1H4. The Hall–Kier alpha value is -5.52. The molecule has 0 aliphatic rings. The van der Waals surface area contributed by atoms with Gasteiger partial charge >= 0.3 is 24.3 Å². The molecule has 2 heterocycles. The van der Waals surface area contributed by atoms with Gasteiger partial charge in [-0.3, -0.25) is 4.79 Å². The number of carboxylic acid groups (broad SMARTS) is 1. The summed E-state index contributed by atoms with van der Waals surface area (Å²) in [6.45, 7) is 7.12. The van der Waals surface area contributed by atoms with Crippen LogP contribution in [0.2, 0.25) is 10.0 Å². The van der Waals surface area contributed by atoms with Crippen LogP contribution in [-0.2, 0) is 26.7 Å². The number of carboxylic acids is 1. The number of aromatic hydroxyl groups is 1. The number of nitrogens with zero attached hydrogens (tertiary/aromatic N) is 2. The van der Waals surface area contributed by atoms with Gasteiger partial charge in [0, 0.05) is 15.6 Å². The van der Waals surface area contributed by atoms with Crippen LogP contribution in [0.5, 0.6) is 11.5 Å². The number of oxazole rings is 2. The number of aromatic nitrogens is 2. The molecule has 6 rings (SSSR count). The van der Waals surface area contributed by atoms with Gasteiger partial charge in [-0.25, -0.2) is 14.8 Å². The molecule has 6 aromatic rings. The smallest absolute Gasteiger partial charge is 0.416 e. The molecule has 0 fully saturated rings. The van der Waals surface area contributed by atoms with Gasteiger partial charge in [0.05, 0.1) is 40.8 Å². The number of rotatable bonds is 8. The Morgan fingerprint density at radius 1 is 0.710 bits per heavy atom. The maximum atomic E-state index is 13.0. The molecule has 0 spiro atoms. The molecule has 2 unspecified atom stereocenters. The van der Waals surface area contributed by atoms with E-state index in [4.69, 9.17) is 36.8 Å². The van der Waals surface area contributed by atoms with Gasteiger partial charge < -0.3 is 28.5 Å². The number of carbonyl (C=O) groups is 2. The Morgan fingerprint density at radius 3 is 1.61 bits per heavy atom. The van der Waals surface area contributed by atoms with Crippen LogP contribution >= 0.6 is 39.1 Å². The van der Waals surface area contributed by atoms with Crippen LogP contribution in [0.3, 0.4) is 0 Å². The lowest BCUT2D eigenvalue weighted by Crippen LogP contribution is -2.19. The van der Waals surface area contributed by atoms with Crippen LogP contribution in [-0.4, -0.2) is 39.2 Å². The Balaban J connectivity index is 0.000000342. The lowest BCUT2D eigenvalue weighted by Gasteiger charge is -2.18. The summed E-state index contributed by atoms with van der Waals surface area (Å²) in [7, 11) is 1.17. The second kappa shape index (κ2) is 22.0. The molecule has 10 nitrogen and oxygen atoms in total. The van der Waals surface area contributed by atoms with Gasteiger partial charge in [-0.15, -0.1) is 0 Å². The van der Waals surface area contributed by atoms with E-state index in [0.717, 1.165) is 41.8 Å². The predicted octanol–water partition coefficient (Wildman–Crippen LogP) is 13.7. The van der Waals surface area contributed by atoms with Gasteiger partial charge in [0.1, 0.15) is 27.8 Å². The van der Waals surface area contributed by atoms with Gasteiger partial charge in [0.25, 0.3) is 0 Å². The van der Waals surface area contributed by atoms with Crippen molar-refractivity contribution >= 4 is 51.1 Å². The molecule has 2 N–H and O–H groups in total. The maximum absolute atomic E-state index is 13.0. The number of aliphatic carboxylic acids is 1. The number of alkyl halides is 7. The zero-order valence-corrected chi connectivity index (χ0v) is 35.0. The highest BCUT2D eigenvalue weighted by Crippen LogP contribution is 2.38. The first-order valence-electron chi connectivity index (χ1n) is 17.1. The minimum Gasteiger partial charge on any atom is -0.507 e. The van der Waals surface area contributed by atoms with Crippen molar-refractivity contribution in [1.82, 2.24) is 9.97 Å². The molecule has 19 heteroatoms. The van der Waals surface area contributed by atoms with E-state index in [-0.39, 0.29) is 48.9 Å². The van der Waals surface area contributed by atoms with Gasteiger partial charge in [-0.1, -0.05) is 84.3 Å². The molecule has 4 aromatic carbocycles. The highest BCUT2D eigenvalue weighted by atomic mass is 79.9. The fourth-order valence-electron chi connectivity index (χ4n) is 5.01. The van der Waals surface area contributed by atoms with Gasteiger partial charge in [0.2, 0.25) is 17.9 Å². The fourth-order valence-corrected chi connectivity index (χ4v) is 5.82. The third-order valence-electron chi connectivity index (χ3n) is 8.32. The second-order valence-electron chi connectivity index (χ2n) is 12.6. The molecule has 2 atom stereocenters. The molecule has 62 heavy (non-hydrogen) atoms. The monoisotopic (exact) mass is 976 g/mol. The third kappa shape index (κ3) is 13.7. The number of hydrogen-bond donors (Lipinski definition) is 2. The average molecular weight is 979 g/mol. The third-order valence-corrected chi connectivity index (χ3v) is 9.69. The average Bonchev–Trinajstić information content (AvgIpc) is 3.72. The zero-order valence-electron chi connectivity index (χ0n) is 31.9. The van der Waals surface area contributed by atoms with E-state index in [1.54, 1.807) is 26.0 Å². The van der Waals surface area contributed by atoms with Gasteiger partial charge in [-0.05, 0) is 87.9 Å². The number of phenols is 1. The number of halogens is 9. The van der Waals surface area contributed by atoms with E-state index in [2.05, 4.69) is 30.6 Å². The Labute approximate surface area is 371 Å². The largest absolute Gasteiger partial charge is 0.507 e. The van der Waals surface area contributed by atoms with Crippen molar-refractivity contribution in [3.8, 4) is 34.4 Å². The van der Waals surface area contributed by atoms with Crippen LogP contribution in [0.4, 0.5) is 26.3 Å². The second-order valence-corrected chi connectivity index (χ2v) is 14.4. The minimum atomic E-state index is -4.61. The first kappa shape index (κ1) is 52.6. The highest BCUT2D eigenvalue weighted by Gasteiger charge is 2.33. The van der Waals surface area contributed by atoms with Crippen molar-refractivity contribution in [3.63, 3.8) is 0 Å². The van der Waals surface area contributed by atoms with E-state index < -0.39 is 46.3 Å². The number of aryl methyl sites for hydroxylation is 4. The molecule has 334 valence electrons. The van der Waals surface area contributed by atoms with Crippen LogP contribution in [0, 0.1) is 27.7 Å². The van der Waals surface area contributed by atoms with E-state index >= 15 is 0 Å². The summed E-state index contributed by atoms with van der Waals surface area (Å²) in [5.74, 6) is -0.0796. The predicted molar refractivity (Wildman–Crippen MR) is 226 cm³/mol. The topological polar surface area (TPSA) is 145 Å². The Morgan fingerprint density at radius 2 is 1.16 bits per heavy atom. The zero-order chi connectivity index (χ0) is 44.7. The molecule has 0 saturated heterocycles. The molecule has 0 aliphatic carbocycles. The number of hydrogen-bond acceptors (Lipinski definition) is 9. The first-order chi connectivity index (χ1) is 28.0. The highest BCUT2D eigenvalue weighted by molar-refractivity contribution is 9.09. The molecular formula is C43H41BrCl2F6N2O8. The number of benzene rings is 4. The first-order valence-corrected chi connectivity index (χ1v) is 18.8. The summed E-state index contributed by atoms with van der Waals surface area (Å²) in [4.78, 5) is 30.4. The summed E-state index contributed by atoms with van der Waals surface area (Å²) in [5.41, 5.74) is 0.515. The minimum absolute atomic E-state index is 0. The summed E-state index contributed by atoms with van der Waals surface area (Å²) >= 11 is 14.8. The number of ether oxygens (including phenoxy) is 2. The van der Waals surface area contributed by atoms with Crippen LogP contribution in [0.25, 0.3) is 22.9 Å². The van der Waals surface area contributed by atoms with Crippen LogP contribution in [0.1, 0.15) is 70.9 Å². The van der Waals surface area contributed by atoms with Crippen molar-refractivity contribution < 1.29 is 64.5 Å². The van der Waals surface area contributed by atoms with Crippen molar-refractivity contribution in [2.75, 3.05) is 7.11 Å². The van der Waals surface area contributed by atoms with E-state index in [9.17, 15) is 46.1 Å². The normalized spacial score (nSPS) is 11.9. The van der Waals surface area contributed by atoms with Gasteiger partial charge in [-0.2, -0.15) is 26.3 Å². The maximum Gasteiger partial charge on any atom is 0.416 e. The van der Waals surface area contributed by atoms with Crippen molar-refractivity contribution in [2.24, 2.45) is 0 Å². The molecule has 0 radical (unpaired) electrons. The Bertz CT molecular complexity index is 2430.